The topological polar surface area (TPSA) is 37.3 Å². The summed E-state index contributed by atoms with van der Waals surface area (Å²) in [6.45, 7) is 1.98. The van der Waals surface area contributed by atoms with Gasteiger partial charge in [-0.2, -0.15) is 0 Å². The largest absolute Gasteiger partial charge is 0.508 e. The first-order valence-corrected chi connectivity index (χ1v) is 7.42. The van der Waals surface area contributed by atoms with E-state index in [4.69, 9.17) is 11.6 Å². The molecule has 0 aliphatic heterocycles. The molecule has 1 aromatic carbocycles. The lowest BCUT2D eigenvalue weighted by Crippen LogP contribution is -2.26. The van der Waals surface area contributed by atoms with Crippen molar-refractivity contribution in [3.8, 4) is 5.75 Å². The van der Waals surface area contributed by atoms with Crippen LogP contribution in [0.2, 0.25) is 0 Å². The van der Waals surface area contributed by atoms with Gasteiger partial charge in [-0.25, -0.2) is 0 Å². The second kappa shape index (κ2) is 4.10. The van der Waals surface area contributed by atoms with Crippen LogP contribution in [0.5, 0.6) is 5.75 Å². The summed E-state index contributed by atoms with van der Waals surface area (Å²) in [7, 11) is 0. The highest BCUT2D eigenvalue weighted by Gasteiger charge is 2.58. The molecule has 1 saturated carbocycles. The Balaban J connectivity index is 2.05. The van der Waals surface area contributed by atoms with E-state index in [0.29, 0.717) is 6.42 Å². The molecule has 4 heteroatoms. The minimum Gasteiger partial charge on any atom is -0.508 e. The van der Waals surface area contributed by atoms with Crippen molar-refractivity contribution in [2.75, 3.05) is 0 Å². The average Bonchev–Trinajstić information content (AvgIpc) is 2.69. The van der Waals surface area contributed by atoms with Crippen LogP contribution in [0.4, 0.5) is 0 Å². The fraction of sp³-hybridized carbons (Fsp3) is 0.400. The van der Waals surface area contributed by atoms with E-state index < -0.39 is 0 Å². The normalized spacial score (nSPS) is 37.3. The zero-order valence-corrected chi connectivity index (χ0v) is 12.8. The second-order valence-electron chi connectivity index (χ2n) is 5.72. The molecule has 19 heavy (non-hydrogen) atoms. The lowest BCUT2D eigenvalue weighted by Gasteiger charge is -2.26. The van der Waals surface area contributed by atoms with Crippen molar-refractivity contribution in [1.29, 1.82) is 0 Å². The number of rotatable bonds is 1. The highest BCUT2D eigenvalue weighted by molar-refractivity contribution is 9.10. The Morgan fingerprint density at radius 1 is 1.37 bits per heavy atom. The van der Waals surface area contributed by atoms with Crippen LogP contribution in [0.1, 0.15) is 25.3 Å². The summed E-state index contributed by atoms with van der Waals surface area (Å²) >= 11 is 10.2. The van der Waals surface area contributed by atoms with Crippen molar-refractivity contribution in [1.82, 2.24) is 0 Å². The first-order chi connectivity index (χ1) is 8.82. The van der Waals surface area contributed by atoms with Gasteiger partial charge in [0.2, 0.25) is 0 Å². The first kappa shape index (κ1) is 13.2. The number of phenolic OH excluding ortho intramolecular Hbond substituents is 1. The van der Waals surface area contributed by atoms with Crippen molar-refractivity contribution in [3.63, 3.8) is 0 Å². The quantitative estimate of drug-likeness (QED) is 0.787. The van der Waals surface area contributed by atoms with Crippen LogP contribution in [0.25, 0.3) is 5.57 Å². The number of halogens is 2. The molecule has 2 nitrogen and oxygen atoms in total. The Morgan fingerprint density at radius 3 is 2.63 bits per heavy atom. The minimum absolute atomic E-state index is 0.0844. The SMILES string of the molecule is C[C@]1(Cl)CC2C(=O)C=C(c3ccc(O)cc3)C2(Br)C1. The minimum atomic E-state index is -0.364. The fourth-order valence-corrected chi connectivity index (χ4v) is 5.13. The smallest absolute Gasteiger partial charge is 0.160 e. The van der Waals surface area contributed by atoms with Gasteiger partial charge in [0.25, 0.3) is 0 Å². The highest BCUT2D eigenvalue weighted by atomic mass is 79.9. The molecule has 3 rings (SSSR count). The van der Waals surface area contributed by atoms with Crippen molar-refractivity contribution in [3.05, 3.63) is 35.9 Å². The van der Waals surface area contributed by atoms with Gasteiger partial charge < -0.3 is 5.11 Å². The molecule has 2 aliphatic carbocycles. The average molecular weight is 342 g/mol. The van der Waals surface area contributed by atoms with Crippen molar-refractivity contribution < 1.29 is 9.90 Å². The molecule has 0 spiro atoms. The van der Waals surface area contributed by atoms with Gasteiger partial charge in [0, 0.05) is 10.8 Å². The van der Waals surface area contributed by atoms with E-state index >= 15 is 0 Å². The Kier molecular flexibility index (Phi) is 2.84. The lowest BCUT2D eigenvalue weighted by molar-refractivity contribution is -0.117. The number of phenols is 1. The third kappa shape index (κ3) is 2.03. The van der Waals surface area contributed by atoms with Gasteiger partial charge in [0.1, 0.15) is 5.75 Å². The van der Waals surface area contributed by atoms with Crippen LogP contribution in [0, 0.1) is 5.92 Å². The predicted molar refractivity (Wildman–Crippen MR) is 79.7 cm³/mol. The Morgan fingerprint density at radius 2 is 2.00 bits per heavy atom. The summed E-state index contributed by atoms with van der Waals surface area (Å²) in [5, 5.41) is 9.37. The van der Waals surface area contributed by atoms with E-state index in [0.717, 1.165) is 17.6 Å². The van der Waals surface area contributed by atoms with Crippen molar-refractivity contribution in [2.45, 2.75) is 29.0 Å². The molecule has 0 aromatic heterocycles. The molecule has 1 N–H and O–H groups in total. The van der Waals surface area contributed by atoms with Gasteiger partial charge >= 0.3 is 0 Å². The molecule has 2 unspecified atom stereocenters. The van der Waals surface area contributed by atoms with Gasteiger partial charge in [-0.15, -0.1) is 11.6 Å². The number of hydrogen-bond acceptors (Lipinski definition) is 2. The number of hydrogen-bond donors (Lipinski definition) is 1. The number of fused-ring (bicyclic) bond motifs is 1. The maximum absolute atomic E-state index is 12.2. The summed E-state index contributed by atoms with van der Waals surface area (Å²) in [6, 6.07) is 6.95. The van der Waals surface area contributed by atoms with Crippen molar-refractivity contribution >= 4 is 38.9 Å². The molecule has 2 aliphatic rings. The summed E-state index contributed by atoms with van der Waals surface area (Å²) < 4.78 is -0.364. The number of ketones is 1. The summed E-state index contributed by atoms with van der Waals surface area (Å²) in [5.74, 6) is 0.283. The third-order valence-corrected chi connectivity index (χ3v) is 5.61. The van der Waals surface area contributed by atoms with Crippen LogP contribution < -0.4 is 0 Å². The fourth-order valence-electron chi connectivity index (χ4n) is 3.26. The number of carbonyl (C=O) groups excluding carboxylic acids is 1. The maximum atomic E-state index is 12.2. The van der Waals surface area contributed by atoms with Gasteiger partial charge in [0.05, 0.1) is 4.32 Å². The monoisotopic (exact) mass is 340 g/mol. The number of allylic oxidation sites excluding steroid dienone is 2. The number of alkyl halides is 2. The summed E-state index contributed by atoms with van der Waals surface area (Å²) in [6.07, 6.45) is 3.14. The van der Waals surface area contributed by atoms with Crippen LogP contribution in [-0.2, 0) is 4.79 Å². The molecule has 1 fully saturated rings. The van der Waals surface area contributed by atoms with Crippen LogP contribution >= 0.6 is 27.5 Å². The standard InChI is InChI=1S/C15H14BrClO2/c1-14(17)7-12-13(19)6-11(15(12,16)8-14)9-2-4-10(18)5-3-9/h2-6,12,18H,7-8H2,1H3/t12?,14-,15?/m0/s1. The van der Waals surface area contributed by atoms with E-state index in [-0.39, 0.29) is 26.6 Å². The Labute approximate surface area is 125 Å². The maximum Gasteiger partial charge on any atom is 0.160 e. The van der Waals surface area contributed by atoms with E-state index in [1.165, 1.54) is 0 Å². The van der Waals surface area contributed by atoms with E-state index in [1.54, 1.807) is 18.2 Å². The van der Waals surface area contributed by atoms with E-state index in [2.05, 4.69) is 15.9 Å². The molecule has 1 aromatic rings. The van der Waals surface area contributed by atoms with Crippen molar-refractivity contribution in [2.24, 2.45) is 5.92 Å². The molecule has 3 atom stereocenters. The molecule has 100 valence electrons. The Bertz CT molecular complexity index is 576. The molecule has 0 saturated heterocycles. The van der Waals surface area contributed by atoms with Gasteiger partial charge in [-0.05, 0) is 49.1 Å². The molecule has 0 radical (unpaired) electrons. The zero-order chi connectivity index (χ0) is 13.8. The van der Waals surface area contributed by atoms with Gasteiger partial charge in [-0.1, -0.05) is 28.1 Å². The predicted octanol–water partition coefficient (Wildman–Crippen LogP) is 3.90. The third-order valence-electron chi connectivity index (χ3n) is 4.06. The van der Waals surface area contributed by atoms with Crippen LogP contribution in [-0.4, -0.2) is 20.1 Å². The molecule has 0 bridgehead atoms. The summed E-state index contributed by atoms with van der Waals surface area (Å²) in [4.78, 5) is 11.8. The van der Waals surface area contributed by atoms with Crippen LogP contribution in [0.15, 0.2) is 30.3 Å². The zero-order valence-electron chi connectivity index (χ0n) is 10.5. The number of aromatic hydroxyl groups is 1. The summed E-state index contributed by atoms with van der Waals surface area (Å²) in [5.41, 5.74) is 1.94. The Hall–Kier alpha value is -0.800. The van der Waals surface area contributed by atoms with Gasteiger partial charge in [0.15, 0.2) is 5.78 Å². The molecular formula is C15H14BrClO2. The molecule has 0 amide bonds. The van der Waals surface area contributed by atoms with E-state index in [9.17, 15) is 9.90 Å². The second-order valence-corrected chi connectivity index (χ2v) is 8.04. The molecular weight excluding hydrogens is 328 g/mol. The first-order valence-electron chi connectivity index (χ1n) is 6.25. The number of carbonyl (C=O) groups is 1. The lowest BCUT2D eigenvalue weighted by atomic mass is 9.90. The van der Waals surface area contributed by atoms with Crippen LogP contribution in [0.3, 0.4) is 0 Å². The molecule has 0 heterocycles. The highest BCUT2D eigenvalue weighted by Crippen LogP contribution is 2.60. The van der Waals surface area contributed by atoms with E-state index in [1.807, 2.05) is 19.1 Å². The number of benzene rings is 1. The van der Waals surface area contributed by atoms with Gasteiger partial charge in [-0.3, -0.25) is 4.79 Å².